The van der Waals surface area contributed by atoms with Crippen LogP contribution < -0.4 is 5.32 Å². The van der Waals surface area contributed by atoms with Gasteiger partial charge in [-0.15, -0.1) is 0 Å². The van der Waals surface area contributed by atoms with Gasteiger partial charge in [0.2, 0.25) is 5.91 Å². The molecule has 1 saturated heterocycles. The molecule has 1 aliphatic rings. The topological polar surface area (TPSA) is 45.5 Å². The van der Waals surface area contributed by atoms with Crippen molar-refractivity contribution >= 4 is 17.7 Å². The molecule has 23 heavy (non-hydrogen) atoms. The van der Waals surface area contributed by atoms with Crippen molar-refractivity contribution in [2.75, 3.05) is 13.1 Å². The van der Waals surface area contributed by atoms with Gasteiger partial charge < -0.3 is 9.73 Å². The van der Waals surface area contributed by atoms with Gasteiger partial charge >= 0.3 is 0 Å². The number of hydrogen-bond donors (Lipinski definition) is 1. The first-order valence-electron chi connectivity index (χ1n) is 7.91. The van der Waals surface area contributed by atoms with Crippen molar-refractivity contribution in [1.82, 2.24) is 10.2 Å². The van der Waals surface area contributed by atoms with Crippen molar-refractivity contribution in [1.29, 1.82) is 0 Å². The summed E-state index contributed by atoms with van der Waals surface area (Å²) in [7, 11) is 0. The standard InChI is InChI=1S/C18H22N2O2S/c1-13-3-6-17(7-4-13)23-18-8-5-16(22-18)12-20-10-9-15(11-20)19-14(2)21/h3-8,15H,9-12H2,1-2H3,(H,19,21). The van der Waals surface area contributed by atoms with Crippen LogP contribution in [0.1, 0.15) is 24.7 Å². The van der Waals surface area contributed by atoms with E-state index in [0.29, 0.717) is 0 Å². The van der Waals surface area contributed by atoms with E-state index in [1.54, 1.807) is 18.7 Å². The molecule has 1 N–H and O–H groups in total. The summed E-state index contributed by atoms with van der Waals surface area (Å²) in [6, 6.07) is 12.8. The Balaban J connectivity index is 1.53. The smallest absolute Gasteiger partial charge is 0.217 e. The van der Waals surface area contributed by atoms with Gasteiger partial charge in [-0.25, -0.2) is 0 Å². The maximum Gasteiger partial charge on any atom is 0.217 e. The summed E-state index contributed by atoms with van der Waals surface area (Å²) in [4.78, 5) is 14.6. The zero-order chi connectivity index (χ0) is 16.2. The first kappa shape index (κ1) is 16.1. The van der Waals surface area contributed by atoms with E-state index < -0.39 is 0 Å². The molecule has 2 aromatic rings. The molecule has 1 fully saturated rings. The molecule has 0 saturated carbocycles. The molecule has 0 spiro atoms. The molecule has 1 aromatic carbocycles. The second kappa shape index (κ2) is 7.23. The van der Waals surface area contributed by atoms with Gasteiger partial charge in [0.25, 0.3) is 0 Å². The highest BCUT2D eigenvalue weighted by atomic mass is 32.2. The molecule has 0 bridgehead atoms. The Bertz CT molecular complexity index is 666. The van der Waals surface area contributed by atoms with E-state index in [0.717, 1.165) is 36.9 Å². The number of benzene rings is 1. The van der Waals surface area contributed by atoms with Crippen LogP contribution in [-0.4, -0.2) is 29.9 Å². The third kappa shape index (κ3) is 4.62. The summed E-state index contributed by atoms with van der Waals surface area (Å²) in [5, 5.41) is 3.90. The number of carbonyl (C=O) groups excluding carboxylic acids is 1. The van der Waals surface area contributed by atoms with Crippen LogP contribution in [0, 0.1) is 6.92 Å². The monoisotopic (exact) mass is 330 g/mol. The largest absolute Gasteiger partial charge is 0.453 e. The summed E-state index contributed by atoms with van der Waals surface area (Å²) in [5.74, 6) is 1.02. The first-order valence-corrected chi connectivity index (χ1v) is 8.73. The number of amides is 1. The van der Waals surface area contributed by atoms with Gasteiger partial charge in [0, 0.05) is 31.0 Å². The van der Waals surface area contributed by atoms with Gasteiger partial charge in [0.1, 0.15) is 5.76 Å². The van der Waals surface area contributed by atoms with Gasteiger partial charge in [0.05, 0.1) is 6.54 Å². The van der Waals surface area contributed by atoms with Crippen LogP contribution in [0.3, 0.4) is 0 Å². The molecule has 1 aromatic heterocycles. The number of hydrogen-bond acceptors (Lipinski definition) is 4. The number of aryl methyl sites for hydroxylation is 1. The van der Waals surface area contributed by atoms with E-state index in [4.69, 9.17) is 4.42 Å². The lowest BCUT2D eigenvalue weighted by atomic mass is 10.2. The third-order valence-electron chi connectivity index (χ3n) is 3.94. The quantitative estimate of drug-likeness (QED) is 0.912. The Morgan fingerprint density at radius 2 is 2.09 bits per heavy atom. The summed E-state index contributed by atoms with van der Waals surface area (Å²) in [6.45, 7) is 6.34. The van der Waals surface area contributed by atoms with Gasteiger partial charge in [-0.1, -0.05) is 29.5 Å². The van der Waals surface area contributed by atoms with E-state index in [9.17, 15) is 4.79 Å². The SMILES string of the molecule is CC(=O)NC1CCN(Cc2ccc(Sc3ccc(C)cc3)o2)C1. The van der Waals surface area contributed by atoms with E-state index in [1.807, 2.05) is 12.1 Å². The zero-order valence-corrected chi connectivity index (χ0v) is 14.4. The minimum atomic E-state index is 0.0478. The highest BCUT2D eigenvalue weighted by molar-refractivity contribution is 7.99. The summed E-state index contributed by atoms with van der Waals surface area (Å²) in [6.07, 6.45) is 1.01. The Labute approximate surface area is 141 Å². The highest BCUT2D eigenvalue weighted by Crippen LogP contribution is 2.30. The van der Waals surface area contributed by atoms with E-state index in [2.05, 4.69) is 41.4 Å². The molecule has 1 unspecified atom stereocenters. The van der Waals surface area contributed by atoms with Crippen LogP contribution >= 0.6 is 11.8 Å². The minimum Gasteiger partial charge on any atom is -0.453 e. The normalized spacial score (nSPS) is 18.3. The molecule has 1 amide bonds. The maximum atomic E-state index is 11.1. The molecule has 4 nitrogen and oxygen atoms in total. The Kier molecular flexibility index (Phi) is 5.08. The highest BCUT2D eigenvalue weighted by Gasteiger charge is 2.23. The fourth-order valence-corrected chi connectivity index (χ4v) is 3.61. The molecule has 1 aliphatic heterocycles. The van der Waals surface area contributed by atoms with Gasteiger partial charge in [-0.3, -0.25) is 9.69 Å². The fraction of sp³-hybridized carbons (Fsp3) is 0.389. The van der Waals surface area contributed by atoms with Crippen LogP contribution in [0.2, 0.25) is 0 Å². The molecule has 2 heterocycles. The zero-order valence-electron chi connectivity index (χ0n) is 13.5. The van der Waals surface area contributed by atoms with Gasteiger partial charge in [-0.2, -0.15) is 0 Å². The second-order valence-corrected chi connectivity index (χ2v) is 7.13. The van der Waals surface area contributed by atoms with Gasteiger partial charge in [-0.05, 0) is 37.6 Å². The van der Waals surface area contributed by atoms with Gasteiger partial charge in [0.15, 0.2) is 5.09 Å². The number of likely N-dealkylation sites (tertiary alicyclic amines) is 1. The van der Waals surface area contributed by atoms with Crippen molar-refractivity contribution in [3.63, 3.8) is 0 Å². The molecule has 3 rings (SSSR count). The Morgan fingerprint density at radius 1 is 1.30 bits per heavy atom. The van der Waals surface area contributed by atoms with Crippen molar-refractivity contribution in [2.45, 2.75) is 42.8 Å². The Hall–Kier alpha value is -1.72. The average Bonchev–Trinajstić information content (AvgIpc) is 3.11. The van der Waals surface area contributed by atoms with E-state index in [-0.39, 0.29) is 11.9 Å². The van der Waals surface area contributed by atoms with Crippen LogP contribution in [0.15, 0.2) is 50.8 Å². The number of nitrogens with zero attached hydrogens (tertiary/aromatic N) is 1. The first-order chi connectivity index (χ1) is 11.1. The van der Waals surface area contributed by atoms with E-state index >= 15 is 0 Å². The van der Waals surface area contributed by atoms with Crippen molar-refractivity contribution in [3.8, 4) is 0 Å². The minimum absolute atomic E-state index is 0.0478. The third-order valence-corrected chi connectivity index (χ3v) is 4.86. The lowest BCUT2D eigenvalue weighted by molar-refractivity contribution is -0.119. The average molecular weight is 330 g/mol. The number of carbonyl (C=O) groups is 1. The lowest BCUT2D eigenvalue weighted by Crippen LogP contribution is -2.35. The number of rotatable bonds is 5. The van der Waals surface area contributed by atoms with Crippen LogP contribution in [0.4, 0.5) is 0 Å². The van der Waals surface area contributed by atoms with Crippen molar-refractivity contribution < 1.29 is 9.21 Å². The lowest BCUT2D eigenvalue weighted by Gasteiger charge is -2.14. The molecule has 0 radical (unpaired) electrons. The fourth-order valence-electron chi connectivity index (χ4n) is 2.82. The molecule has 1 atom stereocenters. The second-order valence-electron chi connectivity index (χ2n) is 6.06. The maximum absolute atomic E-state index is 11.1. The Morgan fingerprint density at radius 3 is 2.83 bits per heavy atom. The molecule has 0 aliphatic carbocycles. The predicted molar refractivity (Wildman–Crippen MR) is 91.5 cm³/mol. The van der Waals surface area contributed by atoms with Crippen molar-refractivity contribution in [3.05, 3.63) is 47.7 Å². The van der Waals surface area contributed by atoms with Crippen LogP contribution in [0.25, 0.3) is 0 Å². The van der Waals surface area contributed by atoms with Crippen LogP contribution in [-0.2, 0) is 11.3 Å². The molecule has 5 heteroatoms. The number of furan rings is 1. The molecule has 122 valence electrons. The number of nitrogens with one attached hydrogen (secondary N) is 1. The summed E-state index contributed by atoms with van der Waals surface area (Å²) < 4.78 is 5.93. The van der Waals surface area contributed by atoms with Crippen LogP contribution in [0.5, 0.6) is 0 Å². The summed E-state index contributed by atoms with van der Waals surface area (Å²) in [5.41, 5.74) is 1.26. The van der Waals surface area contributed by atoms with E-state index in [1.165, 1.54) is 10.5 Å². The molecular weight excluding hydrogens is 308 g/mol. The predicted octanol–water partition coefficient (Wildman–Crippen LogP) is 3.45. The van der Waals surface area contributed by atoms with Crippen molar-refractivity contribution in [2.24, 2.45) is 0 Å². The molecular formula is C18H22N2O2S. The summed E-state index contributed by atoms with van der Waals surface area (Å²) >= 11 is 1.64.